The maximum Gasteiger partial charge on any atom is 0.235 e. The van der Waals surface area contributed by atoms with Gasteiger partial charge in [0.25, 0.3) is 0 Å². The molecular formula is C16H23N3O3S. The first-order chi connectivity index (χ1) is 11.0. The van der Waals surface area contributed by atoms with Gasteiger partial charge in [-0.3, -0.25) is 9.10 Å². The smallest absolute Gasteiger partial charge is 0.235 e. The number of carbonyl (C=O) groups excluding carboxylic acids is 1. The van der Waals surface area contributed by atoms with E-state index in [1.54, 1.807) is 24.3 Å². The van der Waals surface area contributed by atoms with Crippen LogP contribution in [0.1, 0.15) is 32.1 Å². The molecule has 0 unspecified atom stereocenters. The van der Waals surface area contributed by atoms with Gasteiger partial charge in [-0.2, -0.15) is 0 Å². The SMILES string of the molecule is N[C@@H]1CCC[C@H]1CC(=O)Nc1ccc(N2CCCS2(=O)=O)cc1. The lowest BCUT2D eigenvalue weighted by Crippen LogP contribution is -2.28. The van der Waals surface area contributed by atoms with Crippen molar-refractivity contribution >= 4 is 27.3 Å². The zero-order valence-corrected chi connectivity index (χ0v) is 13.9. The van der Waals surface area contributed by atoms with E-state index in [1.807, 2.05) is 0 Å². The van der Waals surface area contributed by atoms with Gasteiger partial charge in [-0.05, 0) is 49.4 Å². The van der Waals surface area contributed by atoms with Gasteiger partial charge in [0, 0.05) is 24.7 Å². The molecule has 1 saturated carbocycles. The van der Waals surface area contributed by atoms with Crippen molar-refractivity contribution in [3.63, 3.8) is 0 Å². The predicted molar refractivity (Wildman–Crippen MR) is 90.8 cm³/mol. The molecule has 3 rings (SSSR count). The number of hydrogen-bond acceptors (Lipinski definition) is 4. The van der Waals surface area contributed by atoms with E-state index in [2.05, 4.69) is 5.32 Å². The molecular weight excluding hydrogens is 314 g/mol. The molecule has 1 aromatic carbocycles. The molecule has 1 heterocycles. The van der Waals surface area contributed by atoms with Crippen molar-refractivity contribution in [3.8, 4) is 0 Å². The topological polar surface area (TPSA) is 92.5 Å². The Bertz CT molecular complexity index is 672. The van der Waals surface area contributed by atoms with Crippen molar-refractivity contribution in [1.82, 2.24) is 0 Å². The first-order valence-electron chi connectivity index (χ1n) is 8.11. The lowest BCUT2D eigenvalue weighted by molar-refractivity contribution is -0.117. The lowest BCUT2D eigenvalue weighted by atomic mass is 10.00. The first kappa shape index (κ1) is 16.3. The third-order valence-electron chi connectivity index (χ3n) is 4.70. The molecule has 0 aromatic heterocycles. The number of amides is 1. The van der Waals surface area contributed by atoms with Crippen LogP contribution in [0.2, 0.25) is 0 Å². The van der Waals surface area contributed by atoms with Crippen LogP contribution < -0.4 is 15.4 Å². The molecule has 1 aromatic rings. The van der Waals surface area contributed by atoms with Gasteiger partial charge >= 0.3 is 0 Å². The van der Waals surface area contributed by atoms with Crippen LogP contribution in [0.3, 0.4) is 0 Å². The van der Waals surface area contributed by atoms with Crippen LogP contribution in [0.15, 0.2) is 24.3 Å². The van der Waals surface area contributed by atoms with Crippen molar-refractivity contribution < 1.29 is 13.2 Å². The third-order valence-corrected chi connectivity index (χ3v) is 6.57. The van der Waals surface area contributed by atoms with Gasteiger partial charge in [0.1, 0.15) is 0 Å². The minimum Gasteiger partial charge on any atom is -0.327 e. The fourth-order valence-corrected chi connectivity index (χ4v) is 4.97. The van der Waals surface area contributed by atoms with Gasteiger partial charge in [-0.25, -0.2) is 8.42 Å². The second-order valence-corrected chi connectivity index (χ2v) is 8.41. The maximum atomic E-state index is 12.1. The fraction of sp³-hybridized carbons (Fsp3) is 0.562. The Morgan fingerprint density at radius 1 is 1.22 bits per heavy atom. The molecule has 2 atom stereocenters. The van der Waals surface area contributed by atoms with E-state index in [1.165, 1.54) is 4.31 Å². The summed E-state index contributed by atoms with van der Waals surface area (Å²) in [5, 5.41) is 2.87. The van der Waals surface area contributed by atoms with E-state index in [4.69, 9.17) is 5.73 Å². The standard InChI is InChI=1S/C16H23N3O3S/c17-15-4-1-3-12(15)11-16(20)18-13-5-7-14(8-6-13)19-9-2-10-23(19,21)22/h5-8,12,15H,1-4,9-11,17H2,(H,18,20)/t12-,15+/m0/s1. The number of benzene rings is 1. The second-order valence-electron chi connectivity index (χ2n) is 6.40. The number of nitrogens with two attached hydrogens (primary N) is 1. The van der Waals surface area contributed by atoms with Gasteiger partial charge in [-0.1, -0.05) is 6.42 Å². The summed E-state index contributed by atoms with van der Waals surface area (Å²) in [6, 6.07) is 7.09. The number of hydrogen-bond donors (Lipinski definition) is 2. The van der Waals surface area contributed by atoms with Gasteiger partial charge in [-0.15, -0.1) is 0 Å². The van der Waals surface area contributed by atoms with Gasteiger partial charge in [0.2, 0.25) is 15.9 Å². The number of rotatable bonds is 4. The van der Waals surface area contributed by atoms with E-state index >= 15 is 0 Å². The van der Waals surface area contributed by atoms with Crippen LogP contribution in [-0.2, 0) is 14.8 Å². The summed E-state index contributed by atoms with van der Waals surface area (Å²) < 4.78 is 25.2. The predicted octanol–water partition coefficient (Wildman–Crippen LogP) is 1.68. The van der Waals surface area contributed by atoms with Gasteiger partial charge < -0.3 is 11.1 Å². The van der Waals surface area contributed by atoms with E-state index in [0.29, 0.717) is 30.8 Å². The number of nitrogens with zero attached hydrogens (tertiary/aromatic N) is 1. The Hall–Kier alpha value is -1.60. The summed E-state index contributed by atoms with van der Waals surface area (Å²) in [4.78, 5) is 12.1. The Morgan fingerprint density at radius 3 is 2.52 bits per heavy atom. The highest BCUT2D eigenvalue weighted by Gasteiger charge is 2.28. The molecule has 1 aliphatic heterocycles. The largest absolute Gasteiger partial charge is 0.327 e. The number of anilines is 2. The van der Waals surface area contributed by atoms with Gasteiger partial charge in [0.05, 0.1) is 11.4 Å². The summed E-state index contributed by atoms with van der Waals surface area (Å²) in [6.45, 7) is 0.521. The monoisotopic (exact) mass is 337 g/mol. The second kappa shape index (κ2) is 6.49. The normalized spacial score (nSPS) is 26.4. The van der Waals surface area contributed by atoms with Crippen LogP contribution >= 0.6 is 0 Å². The lowest BCUT2D eigenvalue weighted by Gasteiger charge is -2.18. The molecule has 0 spiro atoms. The maximum absolute atomic E-state index is 12.1. The average molecular weight is 337 g/mol. The highest BCUT2D eigenvalue weighted by Crippen LogP contribution is 2.28. The minimum atomic E-state index is -3.17. The molecule has 1 amide bonds. The number of nitrogens with one attached hydrogen (secondary N) is 1. The Morgan fingerprint density at radius 2 is 1.96 bits per heavy atom. The molecule has 1 aliphatic carbocycles. The molecule has 0 radical (unpaired) electrons. The summed E-state index contributed by atoms with van der Waals surface area (Å²) in [7, 11) is -3.17. The highest BCUT2D eigenvalue weighted by molar-refractivity contribution is 7.93. The summed E-state index contributed by atoms with van der Waals surface area (Å²) in [5.41, 5.74) is 7.33. The summed E-state index contributed by atoms with van der Waals surface area (Å²) in [5.74, 6) is 0.436. The highest BCUT2D eigenvalue weighted by atomic mass is 32.2. The van der Waals surface area contributed by atoms with E-state index in [9.17, 15) is 13.2 Å². The Kier molecular flexibility index (Phi) is 4.59. The van der Waals surface area contributed by atoms with Crippen molar-refractivity contribution in [2.24, 2.45) is 11.7 Å². The van der Waals surface area contributed by atoms with Crippen LogP contribution in [0, 0.1) is 5.92 Å². The minimum absolute atomic E-state index is 0.0334. The molecule has 1 saturated heterocycles. The van der Waals surface area contributed by atoms with Crippen LogP contribution in [-0.4, -0.2) is 32.7 Å². The molecule has 2 aliphatic rings. The van der Waals surface area contributed by atoms with Crippen LogP contribution in [0.4, 0.5) is 11.4 Å². The van der Waals surface area contributed by atoms with Gasteiger partial charge in [0.15, 0.2) is 0 Å². The molecule has 3 N–H and O–H groups in total. The fourth-order valence-electron chi connectivity index (χ4n) is 3.41. The zero-order chi connectivity index (χ0) is 16.4. The van der Waals surface area contributed by atoms with E-state index < -0.39 is 10.0 Å². The van der Waals surface area contributed by atoms with Crippen molar-refractivity contribution in [2.75, 3.05) is 21.9 Å². The third kappa shape index (κ3) is 3.67. The Labute approximate surface area is 137 Å². The molecule has 23 heavy (non-hydrogen) atoms. The zero-order valence-electron chi connectivity index (χ0n) is 13.1. The summed E-state index contributed by atoms with van der Waals surface area (Å²) in [6.07, 6.45) is 4.21. The number of carbonyl (C=O) groups is 1. The molecule has 126 valence electrons. The summed E-state index contributed by atoms with van der Waals surface area (Å²) >= 11 is 0. The quantitative estimate of drug-likeness (QED) is 0.874. The molecule has 0 bridgehead atoms. The van der Waals surface area contributed by atoms with Crippen molar-refractivity contribution in [3.05, 3.63) is 24.3 Å². The van der Waals surface area contributed by atoms with Crippen molar-refractivity contribution in [1.29, 1.82) is 0 Å². The van der Waals surface area contributed by atoms with E-state index in [0.717, 1.165) is 19.3 Å². The Balaban J connectivity index is 1.60. The van der Waals surface area contributed by atoms with Crippen LogP contribution in [0.5, 0.6) is 0 Å². The number of sulfonamides is 1. The molecule has 6 nitrogen and oxygen atoms in total. The molecule has 2 fully saturated rings. The first-order valence-corrected chi connectivity index (χ1v) is 9.72. The van der Waals surface area contributed by atoms with Crippen LogP contribution in [0.25, 0.3) is 0 Å². The average Bonchev–Trinajstić information content (AvgIpc) is 3.05. The van der Waals surface area contributed by atoms with Crippen molar-refractivity contribution in [2.45, 2.75) is 38.1 Å². The molecule has 7 heteroatoms. The van der Waals surface area contributed by atoms with E-state index in [-0.39, 0.29) is 23.6 Å².